The number of anilines is 1. The summed E-state index contributed by atoms with van der Waals surface area (Å²) in [4.78, 5) is 24.9. The van der Waals surface area contributed by atoms with Crippen molar-refractivity contribution in [2.45, 2.75) is 46.6 Å². The molecule has 35 heavy (non-hydrogen) atoms. The van der Waals surface area contributed by atoms with Crippen molar-refractivity contribution in [2.75, 3.05) is 11.5 Å². The zero-order valence-corrected chi connectivity index (χ0v) is 20.5. The van der Waals surface area contributed by atoms with Gasteiger partial charge >= 0.3 is 0 Å². The van der Waals surface area contributed by atoms with Gasteiger partial charge in [0, 0.05) is 34.9 Å². The molecule has 3 heterocycles. The number of carbonyl (C=O) groups excluding carboxylic acids is 1. The Labute approximate surface area is 205 Å². The third-order valence-corrected chi connectivity index (χ3v) is 6.30. The number of rotatable bonds is 6. The number of amides is 1. The third-order valence-electron chi connectivity index (χ3n) is 6.30. The standard InChI is InChI=1S/C28H29N5O2/c1-5-35-24-14-10-9-13-22(24)23-16-25(34)32(17-21-11-7-6-8-12-21)27-26(23)20(4)31-33(27)28-29-18(2)15-19(3)30-28/h6-15,23H,5,16-17H2,1-4H3/t23-/m0/s1. The van der Waals surface area contributed by atoms with E-state index in [9.17, 15) is 4.79 Å². The van der Waals surface area contributed by atoms with Crippen molar-refractivity contribution in [3.63, 3.8) is 0 Å². The molecule has 0 bridgehead atoms. The van der Waals surface area contributed by atoms with E-state index in [1.807, 2.05) is 93.3 Å². The Kier molecular flexibility index (Phi) is 6.07. The Morgan fingerprint density at radius 2 is 1.66 bits per heavy atom. The molecule has 7 nitrogen and oxygen atoms in total. The summed E-state index contributed by atoms with van der Waals surface area (Å²) in [6.45, 7) is 8.84. The number of carbonyl (C=O) groups is 1. The summed E-state index contributed by atoms with van der Waals surface area (Å²) in [6, 6.07) is 19.9. The lowest BCUT2D eigenvalue weighted by Crippen LogP contribution is -2.38. The van der Waals surface area contributed by atoms with Gasteiger partial charge in [-0.2, -0.15) is 9.78 Å². The van der Waals surface area contributed by atoms with E-state index in [4.69, 9.17) is 9.84 Å². The van der Waals surface area contributed by atoms with Gasteiger partial charge in [0.1, 0.15) is 11.6 Å². The second-order valence-electron chi connectivity index (χ2n) is 8.88. The fourth-order valence-electron chi connectivity index (χ4n) is 4.89. The number of aryl methyl sites for hydroxylation is 3. The lowest BCUT2D eigenvalue weighted by molar-refractivity contribution is -0.119. The van der Waals surface area contributed by atoms with Crippen LogP contribution in [-0.2, 0) is 11.3 Å². The molecule has 5 rings (SSSR count). The van der Waals surface area contributed by atoms with Crippen LogP contribution in [0.3, 0.4) is 0 Å². The summed E-state index contributed by atoms with van der Waals surface area (Å²) in [5.41, 5.74) is 5.60. The first kappa shape index (κ1) is 22.8. The molecule has 2 aromatic heterocycles. The molecule has 7 heteroatoms. The second kappa shape index (κ2) is 9.33. The van der Waals surface area contributed by atoms with E-state index in [1.165, 1.54) is 0 Å². The van der Waals surface area contributed by atoms with Crippen LogP contribution >= 0.6 is 0 Å². The predicted molar refractivity (Wildman–Crippen MR) is 135 cm³/mol. The Morgan fingerprint density at radius 3 is 2.37 bits per heavy atom. The van der Waals surface area contributed by atoms with Crippen molar-refractivity contribution in [3.05, 3.63) is 94.4 Å². The van der Waals surface area contributed by atoms with Crippen LogP contribution in [0.25, 0.3) is 5.95 Å². The highest BCUT2D eigenvalue weighted by molar-refractivity contribution is 5.97. The van der Waals surface area contributed by atoms with E-state index in [1.54, 1.807) is 4.68 Å². The molecule has 1 aliphatic heterocycles. The van der Waals surface area contributed by atoms with Crippen molar-refractivity contribution in [3.8, 4) is 11.7 Å². The molecule has 0 radical (unpaired) electrons. The van der Waals surface area contributed by atoms with Crippen molar-refractivity contribution < 1.29 is 9.53 Å². The first-order chi connectivity index (χ1) is 17.0. The van der Waals surface area contributed by atoms with Crippen LogP contribution in [-0.4, -0.2) is 32.3 Å². The van der Waals surface area contributed by atoms with Gasteiger partial charge in [-0.25, -0.2) is 9.97 Å². The third kappa shape index (κ3) is 4.30. The molecule has 2 aromatic carbocycles. The maximum absolute atomic E-state index is 13.7. The molecule has 0 saturated carbocycles. The first-order valence-electron chi connectivity index (χ1n) is 11.9. The molecular formula is C28H29N5O2. The number of ether oxygens (including phenoxy) is 1. The number of para-hydroxylation sites is 1. The zero-order chi connectivity index (χ0) is 24.5. The summed E-state index contributed by atoms with van der Waals surface area (Å²) < 4.78 is 7.69. The van der Waals surface area contributed by atoms with Crippen LogP contribution in [0.2, 0.25) is 0 Å². The van der Waals surface area contributed by atoms with E-state index < -0.39 is 0 Å². The van der Waals surface area contributed by atoms with Gasteiger partial charge in [0.2, 0.25) is 5.91 Å². The van der Waals surface area contributed by atoms with Gasteiger partial charge in [-0.1, -0.05) is 48.5 Å². The molecule has 0 spiro atoms. The van der Waals surface area contributed by atoms with E-state index in [-0.39, 0.29) is 11.8 Å². The number of benzene rings is 2. The molecule has 4 aromatic rings. The fourth-order valence-corrected chi connectivity index (χ4v) is 4.89. The minimum absolute atomic E-state index is 0.0307. The van der Waals surface area contributed by atoms with Crippen LogP contribution in [0.15, 0.2) is 60.7 Å². The second-order valence-corrected chi connectivity index (χ2v) is 8.88. The van der Waals surface area contributed by atoms with Crippen LogP contribution in [0.5, 0.6) is 5.75 Å². The van der Waals surface area contributed by atoms with Gasteiger partial charge in [0.05, 0.1) is 18.8 Å². The zero-order valence-electron chi connectivity index (χ0n) is 20.5. The molecule has 0 saturated heterocycles. The Morgan fingerprint density at radius 1 is 0.971 bits per heavy atom. The normalized spacial score (nSPS) is 15.3. The van der Waals surface area contributed by atoms with Crippen molar-refractivity contribution >= 4 is 11.7 Å². The highest BCUT2D eigenvalue weighted by Crippen LogP contribution is 2.45. The minimum atomic E-state index is -0.174. The number of fused-ring (bicyclic) bond motifs is 1. The van der Waals surface area contributed by atoms with Crippen molar-refractivity contribution in [1.29, 1.82) is 0 Å². The van der Waals surface area contributed by atoms with Crippen LogP contribution in [0.1, 0.15) is 53.0 Å². The lowest BCUT2D eigenvalue weighted by Gasteiger charge is -2.33. The minimum Gasteiger partial charge on any atom is -0.494 e. The maximum atomic E-state index is 13.7. The Bertz CT molecular complexity index is 1360. The van der Waals surface area contributed by atoms with Crippen LogP contribution in [0, 0.1) is 20.8 Å². The van der Waals surface area contributed by atoms with E-state index in [0.29, 0.717) is 25.5 Å². The summed E-state index contributed by atoms with van der Waals surface area (Å²) in [6.07, 6.45) is 0.337. The SMILES string of the molecule is CCOc1ccccc1[C@@H]1CC(=O)N(Cc2ccccc2)c2c1c(C)nn2-c1nc(C)cc(C)n1. The predicted octanol–water partition coefficient (Wildman–Crippen LogP) is 5.06. The topological polar surface area (TPSA) is 73.1 Å². The van der Waals surface area contributed by atoms with Gasteiger partial charge in [-0.3, -0.25) is 9.69 Å². The summed E-state index contributed by atoms with van der Waals surface area (Å²) in [5.74, 6) is 1.85. The molecule has 1 atom stereocenters. The average molecular weight is 468 g/mol. The molecule has 0 N–H and O–H groups in total. The molecular weight excluding hydrogens is 438 g/mol. The quantitative estimate of drug-likeness (QED) is 0.397. The lowest BCUT2D eigenvalue weighted by atomic mass is 9.84. The Balaban J connectivity index is 1.72. The van der Waals surface area contributed by atoms with E-state index in [2.05, 4.69) is 9.97 Å². The molecule has 0 fully saturated rings. The van der Waals surface area contributed by atoms with Gasteiger partial charge in [-0.15, -0.1) is 0 Å². The average Bonchev–Trinajstić information content (AvgIpc) is 3.19. The van der Waals surface area contributed by atoms with Crippen molar-refractivity contribution in [1.82, 2.24) is 19.7 Å². The van der Waals surface area contributed by atoms with E-state index >= 15 is 0 Å². The Hall–Kier alpha value is -4.00. The molecule has 0 unspecified atom stereocenters. The summed E-state index contributed by atoms with van der Waals surface area (Å²) >= 11 is 0. The van der Waals surface area contributed by atoms with E-state index in [0.717, 1.165) is 45.3 Å². The number of aromatic nitrogens is 4. The highest BCUT2D eigenvalue weighted by atomic mass is 16.5. The maximum Gasteiger partial charge on any atom is 0.252 e. The van der Waals surface area contributed by atoms with Crippen LogP contribution < -0.4 is 9.64 Å². The number of nitrogens with zero attached hydrogens (tertiary/aromatic N) is 5. The number of hydrogen-bond acceptors (Lipinski definition) is 5. The number of hydrogen-bond donors (Lipinski definition) is 0. The highest BCUT2D eigenvalue weighted by Gasteiger charge is 2.39. The van der Waals surface area contributed by atoms with Gasteiger partial charge < -0.3 is 4.74 Å². The molecule has 1 amide bonds. The summed E-state index contributed by atoms with van der Waals surface area (Å²) in [5, 5.41) is 4.88. The van der Waals surface area contributed by atoms with Gasteiger partial charge in [0.15, 0.2) is 0 Å². The molecule has 1 aliphatic rings. The van der Waals surface area contributed by atoms with Crippen LogP contribution in [0.4, 0.5) is 5.82 Å². The van der Waals surface area contributed by atoms with Gasteiger partial charge in [0.25, 0.3) is 5.95 Å². The smallest absolute Gasteiger partial charge is 0.252 e. The monoisotopic (exact) mass is 467 g/mol. The molecule has 0 aliphatic carbocycles. The van der Waals surface area contributed by atoms with Crippen molar-refractivity contribution in [2.24, 2.45) is 0 Å². The van der Waals surface area contributed by atoms with Gasteiger partial charge in [-0.05, 0) is 45.4 Å². The largest absolute Gasteiger partial charge is 0.494 e. The summed E-state index contributed by atoms with van der Waals surface area (Å²) in [7, 11) is 0. The fraction of sp³-hybridized carbons (Fsp3) is 0.286. The molecule has 178 valence electrons. The first-order valence-corrected chi connectivity index (χ1v) is 11.9.